The molecule has 2 aromatic carbocycles. The first kappa shape index (κ1) is 18.7. The van der Waals surface area contributed by atoms with E-state index in [1.165, 1.54) is 17.0 Å². The van der Waals surface area contributed by atoms with E-state index in [0.717, 1.165) is 17.7 Å². The lowest BCUT2D eigenvalue weighted by molar-refractivity contribution is -0.137. The Hall–Kier alpha value is -3.09. The van der Waals surface area contributed by atoms with Crippen molar-refractivity contribution in [3.63, 3.8) is 0 Å². The minimum absolute atomic E-state index is 0.165. The molecule has 1 aromatic heterocycles. The van der Waals surface area contributed by atoms with Gasteiger partial charge in [-0.15, -0.1) is 0 Å². The van der Waals surface area contributed by atoms with Crippen molar-refractivity contribution in [1.82, 2.24) is 5.16 Å². The third kappa shape index (κ3) is 4.02. The highest BCUT2D eigenvalue weighted by Gasteiger charge is 2.30. The first-order valence-electron chi connectivity index (χ1n) is 8.23. The molecule has 0 fully saturated rings. The van der Waals surface area contributed by atoms with Gasteiger partial charge in [0.25, 0.3) is 5.91 Å². The predicted molar refractivity (Wildman–Crippen MR) is 94.4 cm³/mol. The number of benzene rings is 2. The zero-order valence-electron chi connectivity index (χ0n) is 14.7. The van der Waals surface area contributed by atoms with Gasteiger partial charge in [-0.2, -0.15) is 13.2 Å². The van der Waals surface area contributed by atoms with Gasteiger partial charge in [0.1, 0.15) is 5.76 Å². The summed E-state index contributed by atoms with van der Waals surface area (Å²) in [5.74, 6) is 0.184. The van der Waals surface area contributed by atoms with E-state index in [4.69, 9.17) is 4.52 Å². The van der Waals surface area contributed by atoms with Crippen molar-refractivity contribution in [2.24, 2.45) is 0 Å². The lowest BCUT2D eigenvalue weighted by Gasteiger charge is -2.23. The van der Waals surface area contributed by atoms with Gasteiger partial charge >= 0.3 is 6.18 Å². The fourth-order valence-electron chi connectivity index (χ4n) is 2.73. The SMILES string of the molecule is Cc1noc(C)c1CN(C(=O)c1ccc(C(F)(F)F)cc1)c1ccccc1. The van der Waals surface area contributed by atoms with Gasteiger partial charge in [-0.1, -0.05) is 23.4 Å². The van der Waals surface area contributed by atoms with Crippen LogP contribution in [-0.2, 0) is 12.7 Å². The fourth-order valence-corrected chi connectivity index (χ4v) is 2.73. The molecule has 0 N–H and O–H groups in total. The van der Waals surface area contributed by atoms with Gasteiger partial charge in [-0.25, -0.2) is 0 Å². The second-order valence-electron chi connectivity index (χ2n) is 6.10. The number of aryl methyl sites for hydroxylation is 2. The number of para-hydroxylation sites is 1. The molecule has 0 unspecified atom stereocenters. The first-order chi connectivity index (χ1) is 12.8. The molecular formula is C20H17F3N2O2. The van der Waals surface area contributed by atoms with Crippen LogP contribution in [0.5, 0.6) is 0 Å². The van der Waals surface area contributed by atoms with Crippen molar-refractivity contribution in [2.45, 2.75) is 26.6 Å². The molecule has 0 saturated heterocycles. The average molecular weight is 374 g/mol. The third-order valence-electron chi connectivity index (χ3n) is 4.27. The maximum atomic E-state index is 13.0. The summed E-state index contributed by atoms with van der Waals surface area (Å²) in [6.07, 6.45) is -4.45. The number of carbonyl (C=O) groups is 1. The molecule has 7 heteroatoms. The molecule has 1 amide bonds. The van der Waals surface area contributed by atoms with Crippen LogP contribution in [0.4, 0.5) is 18.9 Å². The second-order valence-corrected chi connectivity index (χ2v) is 6.10. The molecule has 0 aliphatic heterocycles. The first-order valence-corrected chi connectivity index (χ1v) is 8.23. The van der Waals surface area contributed by atoms with Crippen molar-refractivity contribution in [3.8, 4) is 0 Å². The molecular weight excluding hydrogens is 357 g/mol. The average Bonchev–Trinajstić information content (AvgIpc) is 2.97. The molecule has 0 bridgehead atoms. The number of hydrogen-bond acceptors (Lipinski definition) is 3. The van der Waals surface area contributed by atoms with Crippen molar-refractivity contribution in [1.29, 1.82) is 0 Å². The van der Waals surface area contributed by atoms with Gasteiger partial charge in [0.05, 0.1) is 17.8 Å². The van der Waals surface area contributed by atoms with Crippen LogP contribution in [0.25, 0.3) is 0 Å². The minimum Gasteiger partial charge on any atom is -0.361 e. The number of carbonyl (C=O) groups excluding carboxylic acids is 1. The molecule has 0 aliphatic rings. The Morgan fingerprint density at radius 1 is 1.04 bits per heavy atom. The van der Waals surface area contributed by atoms with Crippen LogP contribution in [0.15, 0.2) is 59.1 Å². The number of halogens is 3. The maximum Gasteiger partial charge on any atom is 0.416 e. The number of nitrogens with zero attached hydrogens (tertiary/aromatic N) is 2. The molecule has 4 nitrogen and oxygen atoms in total. The molecule has 0 atom stereocenters. The van der Waals surface area contributed by atoms with Crippen LogP contribution >= 0.6 is 0 Å². The Labute approximate surface area is 154 Å². The van der Waals surface area contributed by atoms with Gasteiger partial charge in [-0.3, -0.25) is 4.79 Å². The smallest absolute Gasteiger partial charge is 0.361 e. The van der Waals surface area contributed by atoms with Gasteiger partial charge in [0.15, 0.2) is 0 Å². The van der Waals surface area contributed by atoms with Crippen LogP contribution in [0.2, 0.25) is 0 Å². The number of alkyl halides is 3. The Morgan fingerprint density at radius 3 is 2.19 bits per heavy atom. The van der Waals surface area contributed by atoms with Gasteiger partial charge in [0, 0.05) is 16.8 Å². The van der Waals surface area contributed by atoms with E-state index in [1.54, 1.807) is 38.1 Å². The summed E-state index contributed by atoms with van der Waals surface area (Å²) in [5.41, 5.74) is 1.42. The number of anilines is 1. The quantitative estimate of drug-likeness (QED) is 0.634. The van der Waals surface area contributed by atoms with E-state index in [1.807, 2.05) is 6.07 Å². The summed E-state index contributed by atoms with van der Waals surface area (Å²) in [6.45, 7) is 3.73. The lowest BCUT2D eigenvalue weighted by Crippen LogP contribution is -2.30. The van der Waals surface area contributed by atoms with Crippen molar-refractivity contribution in [2.75, 3.05) is 4.90 Å². The van der Waals surface area contributed by atoms with Crippen LogP contribution in [-0.4, -0.2) is 11.1 Å². The number of amides is 1. The molecule has 0 radical (unpaired) electrons. The van der Waals surface area contributed by atoms with Crippen LogP contribution in [0.1, 0.15) is 32.9 Å². The Bertz CT molecular complexity index is 913. The normalized spacial score (nSPS) is 11.4. The Balaban J connectivity index is 1.96. The van der Waals surface area contributed by atoms with Gasteiger partial charge < -0.3 is 9.42 Å². The van der Waals surface area contributed by atoms with E-state index in [-0.39, 0.29) is 12.1 Å². The molecule has 0 aliphatic carbocycles. The second kappa shape index (κ2) is 7.26. The number of aromatic nitrogens is 1. The van der Waals surface area contributed by atoms with Crippen LogP contribution < -0.4 is 4.90 Å². The molecule has 27 heavy (non-hydrogen) atoms. The number of hydrogen-bond donors (Lipinski definition) is 0. The summed E-state index contributed by atoms with van der Waals surface area (Å²) in [7, 11) is 0. The van der Waals surface area contributed by atoms with Crippen molar-refractivity contribution < 1.29 is 22.5 Å². The van der Waals surface area contributed by atoms with E-state index >= 15 is 0 Å². The molecule has 3 aromatic rings. The highest BCUT2D eigenvalue weighted by atomic mass is 19.4. The maximum absolute atomic E-state index is 13.0. The van der Waals surface area contributed by atoms with E-state index in [2.05, 4.69) is 5.16 Å². The van der Waals surface area contributed by atoms with Crippen LogP contribution in [0.3, 0.4) is 0 Å². The Morgan fingerprint density at radius 2 is 1.67 bits per heavy atom. The topological polar surface area (TPSA) is 46.3 Å². The molecule has 140 valence electrons. The minimum atomic E-state index is -4.45. The Kier molecular flexibility index (Phi) is 5.03. The molecule has 0 spiro atoms. The highest BCUT2D eigenvalue weighted by molar-refractivity contribution is 6.06. The molecule has 0 saturated carbocycles. The number of rotatable bonds is 4. The van der Waals surface area contributed by atoms with E-state index in [9.17, 15) is 18.0 Å². The summed E-state index contributed by atoms with van der Waals surface area (Å²) in [5, 5.41) is 3.90. The fraction of sp³-hybridized carbons (Fsp3) is 0.200. The lowest BCUT2D eigenvalue weighted by atomic mass is 10.1. The van der Waals surface area contributed by atoms with E-state index in [0.29, 0.717) is 17.1 Å². The summed E-state index contributed by atoms with van der Waals surface area (Å²) in [4.78, 5) is 14.5. The standard InChI is InChI=1S/C20H17F3N2O2/c1-13-18(14(2)27-24-13)12-25(17-6-4-3-5-7-17)19(26)15-8-10-16(11-9-15)20(21,22)23/h3-11H,12H2,1-2H3. The van der Waals surface area contributed by atoms with Gasteiger partial charge in [0.2, 0.25) is 0 Å². The predicted octanol–water partition coefficient (Wildman–Crippen LogP) is 5.16. The summed E-state index contributed by atoms with van der Waals surface area (Å²) >= 11 is 0. The zero-order chi connectivity index (χ0) is 19.6. The van der Waals surface area contributed by atoms with Crippen LogP contribution in [0, 0.1) is 13.8 Å². The van der Waals surface area contributed by atoms with E-state index < -0.39 is 17.6 Å². The van der Waals surface area contributed by atoms with Gasteiger partial charge in [-0.05, 0) is 50.2 Å². The largest absolute Gasteiger partial charge is 0.416 e. The van der Waals surface area contributed by atoms with Crippen molar-refractivity contribution in [3.05, 3.63) is 82.7 Å². The zero-order valence-corrected chi connectivity index (χ0v) is 14.7. The molecule has 3 rings (SSSR count). The summed E-state index contributed by atoms with van der Waals surface area (Å²) in [6, 6.07) is 13.1. The molecule has 1 heterocycles. The van der Waals surface area contributed by atoms with Crippen molar-refractivity contribution >= 4 is 11.6 Å². The third-order valence-corrected chi connectivity index (χ3v) is 4.27. The monoisotopic (exact) mass is 374 g/mol. The highest BCUT2D eigenvalue weighted by Crippen LogP contribution is 2.30. The summed E-state index contributed by atoms with van der Waals surface area (Å²) < 4.78 is 43.5.